The van der Waals surface area contributed by atoms with Crippen LogP contribution in [0.5, 0.6) is 0 Å². The van der Waals surface area contributed by atoms with E-state index in [-0.39, 0.29) is 0 Å². The van der Waals surface area contributed by atoms with E-state index in [0.717, 1.165) is 32.8 Å². The Morgan fingerprint density at radius 1 is 1.22 bits per heavy atom. The highest BCUT2D eigenvalue weighted by Crippen LogP contribution is 2.24. The highest BCUT2D eigenvalue weighted by Gasteiger charge is 2.19. The molecule has 0 bridgehead atoms. The van der Waals surface area contributed by atoms with Crippen LogP contribution in [0.15, 0.2) is 18.2 Å². The zero-order chi connectivity index (χ0) is 13.0. The number of aryl methyl sites for hydroxylation is 2. The summed E-state index contributed by atoms with van der Waals surface area (Å²) in [5.74, 6) is 0.435. The second-order valence-corrected chi connectivity index (χ2v) is 5.15. The van der Waals surface area contributed by atoms with Gasteiger partial charge in [-0.25, -0.2) is 0 Å². The number of rotatable bonds is 4. The van der Waals surface area contributed by atoms with Gasteiger partial charge in [-0.05, 0) is 30.5 Å². The lowest BCUT2D eigenvalue weighted by molar-refractivity contribution is 0.0353. The van der Waals surface area contributed by atoms with Gasteiger partial charge in [0.05, 0.1) is 13.2 Å². The monoisotopic (exact) mass is 248 g/mol. The number of ether oxygens (including phenoxy) is 1. The average Bonchev–Trinajstić information content (AvgIpc) is 2.38. The first-order chi connectivity index (χ1) is 8.72. The quantitative estimate of drug-likeness (QED) is 0.881. The molecule has 2 rings (SSSR count). The van der Waals surface area contributed by atoms with Crippen LogP contribution in [0.2, 0.25) is 0 Å². The number of benzene rings is 1. The van der Waals surface area contributed by atoms with Crippen LogP contribution in [-0.4, -0.2) is 44.3 Å². The van der Waals surface area contributed by atoms with Crippen molar-refractivity contribution >= 4 is 0 Å². The summed E-state index contributed by atoms with van der Waals surface area (Å²) in [4.78, 5) is 2.47. The van der Waals surface area contributed by atoms with Crippen molar-refractivity contribution in [3.05, 3.63) is 34.9 Å². The second-order valence-electron chi connectivity index (χ2n) is 5.15. The second kappa shape index (κ2) is 6.32. The molecule has 0 radical (unpaired) electrons. The lowest BCUT2D eigenvalue weighted by Crippen LogP contribution is -2.40. The maximum atomic E-state index is 6.00. The summed E-state index contributed by atoms with van der Waals surface area (Å²) < 4.78 is 5.40. The van der Waals surface area contributed by atoms with Gasteiger partial charge in [0.1, 0.15) is 0 Å². The van der Waals surface area contributed by atoms with Gasteiger partial charge in [0.25, 0.3) is 0 Å². The largest absolute Gasteiger partial charge is 0.379 e. The van der Waals surface area contributed by atoms with Crippen LogP contribution in [0.1, 0.15) is 22.6 Å². The third kappa shape index (κ3) is 3.10. The highest BCUT2D eigenvalue weighted by atomic mass is 16.5. The van der Waals surface area contributed by atoms with Gasteiger partial charge in [-0.3, -0.25) is 4.90 Å². The molecule has 0 saturated carbocycles. The van der Waals surface area contributed by atoms with E-state index in [0.29, 0.717) is 12.5 Å². The van der Waals surface area contributed by atoms with Gasteiger partial charge in [0.15, 0.2) is 0 Å². The Morgan fingerprint density at radius 3 is 2.39 bits per heavy atom. The molecule has 1 atom stereocenters. The summed E-state index contributed by atoms with van der Waals surface area (Å²) in [5, 5.41) is 0. The Morgan fingerprint density at radius 2 is 1.83 bits per heavy atom. The normalized spacial score (nSPS) is 18.8. The zero-order valence-corrected chi connectivity index (χ0v) is 11.5. The number of nitrogens with zero attached hydrogens (tertiary/aromatic N) is 1. The lowest BCUT2D eigenvalue weighted by Gasteiger charge is -2.31. The van der Waals surface area contributed by atoms with Crippen molar-refractivity contribution in [1.82, 2.24) is 4.90 Å². The van der Waals surface area contributed by atoms with Gasteiger partial charge in [-0.15, -0.1) is 0 Å². The van der Waals surface area contributed by atoms with Crippen molar-refractivity contribution in [2.24, 2.45) is 5.73 Å². The molecule has 0 aliphatic carbocycles. The Balaban J connectivity index is 2.12. The molecule has 100 valence electrons. The predicted octanol–water partition coefficient (Wildman–Crippen LogP) is 1.68. The highest BCUT2D eigenvalue weighted by molar-refractivity contribution is 5.37. The van der Waals surface area contributed by atoms with E-state index in [9.17, 15) is 0 Å². The molecular formula is C15H24N2O. The van der Waals surface area contributed by atoms with E-state index >= 15 is 0 Å². The van der Waals surface area contributed by atoms with Crippen LogP contribution < -0.4 is 5.73 Å². The third-order valence-corrected chi connectivity index (χ3v) is 3.82. The topological polar surface area (TPSA) is 38.5 Å². The standard InChI is InChI=1S/C15H24N2O/c1-12-4-3-5-13(2)15(12)14(10-16)11-17-6-8-18-9-7-17/h3-5,14H,6-11,16H2,1-2H3. The van der Waals surface area contributed by atoms with Crippen molar-refractivity contribution < 1.29 is 4.74 Å². The van der Waals surface area contributed by atoms with Crippen molar-refractivity contribution in [2.75, 3.05) is 39.4 Å². The molecule has 1 fully saturated rings. The Hall–Kier alpha value is -0.900. The van der Waals surface area contributed by atoms with Crippen LogP contribution in [-0.2, 0) is 4.74 Å². The van der Waals surface area contributed by atoms with Gasteiger partial charge in [-0.1, -0.05) is 18.2 Å². The number of nitrogens with two attached hydrogens (primary N) is 1. The minimum Gasteiger partial charge on any atom is -0.379 e. The molecule has 1 heterocycles. The molecule has 0 amide bonds. The van der Waals surface area contributed by atoms with Crippen LogP contribution in [0, 0.1) is 13.8 Å². The average molecular weight is 248 g/mol. The van der Waals surface area contributed by atoms with E-state index in [2.05, 4.69) is 36.9 Å². The summed E-state index contributed by atoms with van der Waals surface area (Å²) in [7, 11) is 0. The van der Waals surface area contributed by atoms with Crippen LogP contribution in [0.4, 0.5) is 0 Å². The molecule has 1 saturated heterocycles. The summed E-state index contributed by atoms with van der Waals surface area (Å²) in [6.45, 7) is 9.89. The molecule has 0 aromatic heterocycles. The molecular weight excluding hydrogens is 224 g/mol. The number of morpholine rings is 1. The van der Waals surface area contributed by atoms with E-state index in [1.54, 1.807) is 0 Å². The Kier molecular flexibility index (Phi) is 4.75. The molecule has 0 spiro atoms. The molecule has 1 aromatic rings. The number of hydrogen-bond donors (Lipinski definition) is 1. The fourth-order valence-corrected chi connectivity index (χ4v) is 2.85. The predicted molar refractivity (Wildman–Crippen MR) is 75.0 cm³/mol. The van der Waals surface area contributed by atoms with Crippen LogP contribution in [0.3, 0.4) is 0 Å². The van der Waals surface area contributed by atoms with Gasteiger partial charge < -0.3 is 10.5 Å². The first kappa shape index (κ1) is 13.5. The van der Waals surface area contributed by atoms with Gasteiger partial charge in [-0.2, -0.15) is 0 Å². The first-order valence-electron chi connectivity index (χ1n) is 6.78. The zero-order valence-electron chi connectivity index (χ0n) is 11.5. The van der Waals surface area contributed by atoms with E-state index in [1.807, 2.05) is 0 Å². The van der Waals surface area contributed by atoms with Crippen molar-refractivity contribution in [2.45, 2.75) is 19.8 Å². The van der Waals surface area contributed by atoms with Crippen LogP contribution in [0.25, 0.3) is 0 Å². The van der Waals surface area contributed by atoms with Crippen molar-refractivity contribution in [1.29, 1.82) is 0 Å². The fourth-order valence-electron chi connectivity index (χ4n) is 2.85. The van der Waals surface area contributed by atoms with Gasteiger partial charge in [0, 0.05) is 32.1 Å². The molecule has 2 N–H and O–H groups in total. The summed E-state index contributed by atoms with van der Waals surface area (Å²) in [5.41, 5.74) is 10.2. The lowest BCUT2D eigenvalue weighted by atomic mass is 9.90. The molecule has 1 aliphatic heterocycles. The van der Waals surface area contributed by atoms with Crippen molar-refractivity contribution in [3.63, 3.8) is 0 Å². The third-order valence-electron chi connectivity index (χ3n) is 3.82. The SMILES string of the molecule is Cc1cccc(C)c1C(CN)CN1CCOCC1. The van der Waals surface area contributed by atoms with E-state index < -0.39 is 0 Å². The first-order valence-corrected chi connectivity index (χ1v) is 6.78. The summed E-state index contributed by atoms with van der Waals surface area (Å²) in [6, 6.07) is 6.49. The summed E-state index contributed by atoms with van der Waals surface area (Å²) in [6.07, 6.45) is 0. The summed E-state index contributed by atoms with van der Waals surface area (Å²) >= 11 is 0. The van der Waals surface area contributed by atoms with Crippen molar-refractivity contribution in [3.8, 4) is 0 Å². The minimum absolute atomic E-state index is 0.435. The fraction of sp³-hybridized carbons (Fsp3) is 0.600. The smallest absolute Gasteiger partial charge is 0.0594 e. The van der Waals surface area contributed by atoms with Crippen LogP contribution >= 0.6 is 0 Å². The molecule has 1 aliphatic rings. The maximum absolute atomic E-state index is 6.00. The van der Waals surface area contributed by atoms with E-state index in [4.69, 9.17) is 10.5 Å². The molecule has 3 nitrogen and oxygen atoms in total. The Labute approximate surface area is 110 Å². The molecule has 3 heteroatoms. The Bertz CT molecular complexity index is 366. The molecule has 1 unspecified atom stereocenters. The van der Waals surface area contributed by atoms with E-state index in [1.165, 1.54) is 16.7 Å². The minimum atomic E-state index is 0.435. The van der Waals surface area contributed by atoms with Gasteiger partial charge >= 0.3 is 0 Å². The maximum Gasteiger partial charge on any atom is 0.0594 e. The van der Waals surface area contributed by atoms with Gasteiger partial charge in [0.2, 0.25) is 0 Å². The number of hydrogen-bond acceptors (Lipinski definition) is 3. The molecule has 1 aromatic carbocycles. The molecule has 18 heavy (non-hydrogen) atoms.